The smallest absolute Gasteiger partial charge is 0.268 e. The van der Waals surface area contributed by atoms with E-state index >= 15 is 0 Å². The largest absolute Gasteiger partial charge is 0.490 e. The van der Waals surface area contributed by atoms with Gasteiger partial charge in [-0.25, -0.2) is 0 Å². The average molecular weight is 453 g/mol. The van der Waals surface area contributed by atoms with Crippen molar-refractivity contribution < 1.29 is 19.1 Å². The fourth-order valence-corrected chi connectivity index (χ4v) is 4.00. The number of hydrogen-bond donors (Lipinski definition) is 1. The van der Waals surface area contributed by atoms with Crippen LogP contribution in [0.4, 0.5) is 5.69 Å². The summed E-state index contributed by atoms with van der Waals surface area (Å²) in [5.74, 6) is 1.06. The Morgan fingerprint density at radius 2 is 1.72 bits per heavy atom. The number of nitrogens with one attached hydrogen (secondary N) is 1. The lowest BCUT2D eigenvalue weighted by atomic mass is 10.1. The summed E-state index contributed by atoms with van der Waals surface area (Å²) in [5.41, 5.74) is 2.07. The van der Waals surface area contributed by atoms with Crippen LogP contribution in [0, 0.1) is 0 Å². The Morgan fingerprint density at radius 3 is 2.44 bits per heavy atom. The molecule has 1 heterocycles. The van der Waals surface area contributed by atoms with Crippen molar-refractivity contribution in [1.82, 2.24) is 5.32 Å². The molecule has 168 valence electrons. The quantitative estimate of drug-likeness (QED) is 0.480. The van der Waals surface area contributed by atoms with Crippen LogP contribution in [-0.4, -0.2) is 38.6 Å². The van der Waals surface area contributed by atoms with Crippen LogP contribution in [0.3, 0.4) is 0 Å². The summed E-state index contributed by atoms with van der Waals surface area (Å²) in [4.78, 5) is 27.8. The van der Waals surface area contributed by atoms with Gasteiger partial charge in [0.1, 0.15) is 0 Å². The van der Waals surface area contributed by atoms with Crippen LogP contribution in [0.15, 0.2) is 60.0 Å². The molecular weight excluding hydrogens is 424 g/mol. The highest BCUT2D eigenvalue weighted by molar-refractivity contribution is 7.12. The maximum absolute atomic E-state index is 12.9. The van der Waals surface area contributed by atoms with Crippen molar-refractivity contribution >= 4 is 28.8 Å². The lowest BCUT2D eigenvalue weighted by Gasteiger charge is -2.20. The van der Waals surface area contributed by atoms with Crippen LogP contribution in [0.2, 0.25) is 0 Å². The zero-order valence-corrected chi connectivity index (χ0v) is 19.4. The molecule has 0 bridgehead atoms. The fraction of sp³-hybridized carbons (Fsp3) is 0.280. The van der Waals surface area contributed by atoms with Gasteiger partial charge in [0.2, 0.25) is 0 Å². The van der Waals surface area contributed by atoms with Crippen LogP contribution in [-0.2, 0) is 6.42 Å². The molecule has 0 radical (unpaired) electrons. The number of hydrogen-bond acceptors (Lipinski definition) is 5. The van der Waals surface area contributed by atoms with E-state index in [9.17, 15) is 9.59 Å². The monoisotopic (exact) mass is 452 g/mol. The number of anilines is 1. The van der Waals surface area contributed by atoms with Gasteiger partial charge in [-0.2, -0.15) is 0 Å². The zero-order chi connectivity index (χ0) is 22.9. The van der Waals surface area contributed by atoms with Crippen LogP contribution in [0.25, 0.3) is 0 Å². The van der Waals surface area contributed by atoms with Gasteiger partial charge in [0.05, 0.1) is 29.3 Å². The number of thiophene rings is 1. The van der Waals surface area contributed by atoms with E-state index in [1.54, 1.807) is 31.3 Å². The maximum Gasteiger partial charge on any atom is 0.268 e. The molecule has 0 fully saturated rings. The van der Waals surface area contributed by atoms with E-state index < -0.39 is 0 Å². The minimum atomic E-state index is -0.220. The zero-order valence-electron chi connectivity index (χ0n) is 18.6. The number of benzene rings is 2. The van der Waals surface area contributed by atoms with Gasteiger partial charge in [-0.3, -0.25) is 9.59 Å². The molecule has 0 atom stereocenters. The van der Waals surface area contributed by atoms with Crippen molar-refractivity contribution in [2.45, 2.75) is 20.3 Å². The molecule has 1 aromatic heterocycles. The second kappa shape index (κ2) is 11.3. The van der Waals surface area contributed by atoms with Crippen LogP contribution in [0.1, 0.15) is 39.4 Å². The Kier molecular flexibility index (Phi) is 8.27. The van der Waals surface area contributed by atoms with Gasteiger partial charge in [-0.15, -0.1) is 11.3 Å². The molecule has 0 aliphatic heterocycles. The summed E-state index contributed by atoms with van der Waals surface area (Å²) < 4.78 is 11.3. The lowest BCUT2D eigenvalue weighted by molar-refractivity contribution is 0.0954. The fourth-order valence-electron chi connectivity index (χ4n) is 3.30. The number of ether oxygens (including phenoxy) is 2. The van der Waals surface area contributed by atoms with Gasteiger partial charge in [-0.05, 0) is 61.5 Å². The first-order valence-electron chi connectivity index (χ1n) is 10.6. The Hall–Kier alpha value is -3.32. The third kappa shape index (κ3) is 5.68. The average Bonchev–Trinajstić information content (AvgIpc) is 3.35. The molecule has 1 N–H and O–H groups in total. The molecule has 0 unspecified atom stereocenters. The summed E-state index contributed by atoms with van der Waals surface area (Å²) in [6, 6.07) is 16.5. The summed E-state index contributed by atoms with van der Waals surface area (Å²) >= 11 is 1.38. The molecule has 2 aromatic carbocycles. The molecule has 0 aliphatic rings. The van der Waals surface area contributed by atoms with Crippen molar-refractivity contribution in [2.24, 2.45) is 0 Å². The van der Waals surface area contributed by atoms with E-state index in [1.165, 1.54) is 16.2 Å². The van der Waals surface area contributed by atoms with Gasteiger partial charge < -0.3 is 19.7 Å². The maximum atomic E-state index is 12.9. The van der Waals surface area contributed by atoms with Crippen molar-refractivity contribution in [3.05, 3.63) is 76.0 Å². The van der Waals surface area contributed by atoms with Gasteiger partial charge in [-0.1, -0.05) is 24.3 Å². The molecule has 2 amide bonds. The third-order valence-electron chi connectivity index (χ3n) is 4.85. The van der Waals surface area contributed by atoms with Crippen molar-refractivity contribution in [2.75, 3.05) is 31.7 Å². The van der Waals surface area contributed by atoms with E-state index in [-0.39, 0.29) is 11.8 Å². The predicted molar refractivity (Wildman–Crippen MR) is 128 cm³/mol. The van der Waals surface area contributed by atoms with Gasteiger partial charge >= 0.3 is 0 Å². The van der Waals surface area contributed by atoms with E-state index in [0.29, 0.717) is 48.1 Å². The number of rotatable bonds is 10. The third-order valence-corrected chi connectivity index (χ3v) is 5.71. The van der Waals surface area contributed by atoms with Crippen LogP contribution < -0.4 is 19.7 Å². The highest BCUT2D eigenvalue weighted by atomic mass is 32.1. The Labute approximate surface area is 192 Å². The number of para-hydroxylation sites is 1. The van der Waals surface area contributed by atoms with Gasteiger partial charge in [0.15, 0.2) is 11.5 Å². The first-order valence-corrected chi connectivity index (χ1v) is 11.5. The first-order chi connectivity index (χ1) is 15.5. The minimum absolute atomic E-state index is 0.141. The summed E-state index contributed by atoms with van der Waals surface area (Å²) in [6.07, 6.45) is 0.643. The summed E-state index contributed by atoms with van der Waals surface area (Å²) in [7, 11) is 1.68. The SMILES string of the molecule is CCOc1ccc(CCNC(=O)c2ccccc2N(C)C(=O)c2cccs2)cc1OCC. The molecule has 0 saturated carbocycles. The molecular formula is C25H28N2O4S. The van der Waals surface area contributed by atoms with Crippen LogP contribution in [0.5, 0.6) is 11.5 Å². The van der Waals surface area contributed by atoms with Gasteiger partial charge in [0.25, 0.3) is 11.8 Å². The Bertz CT molecular complexity index is 1050. The normalized spacial score (nSPS) is 10.5. The van der Waals surface area contributed by atoms with E-state index in [1.807, 2.05) is 49.6 Å². The number of nitrogens with zero attached hydrogens (tertiary/aromatic N) is 1. The molecule has 3 aromatic rings. The topological polar surface area (TPSA) is 67.9 Å². The molecule has 6 nitrogen and oxygen atoms in total. The molecule has 0 aliphatic carbocycles. The van der Waals surface area contributed by atoms with E-state index in [2.05, 4.69) is 5.32 Å². The Balaban J connectivity index is 1.66. The van der Waals surface area contributed by atoms with E-state index in [0.717, 1.165) is 11.3 Å². The molecule has 0 saturated heterocycles. The molecule has 32 heavy (non-hydrogen) atoms. The molecule has 3 rings (SSSR count). The minimum Gasteiger partial charge on any atom is -0.490 e. The summed E-state index contributed by atoms with van der Waals surface area (Å²) in [5, 5.41) is 4.82. The van der Waals surface area contributed by atoms with Crippen molar-refractivity contribution in [3.8, 4) is 11.5 Å². The van der Waals surface area contributed by atoms with Crippen molar-refractivity contribution in [1.29, 1.82) is 0 Å². The van der Waals surface area contributed by atoms with E-state index in [4.69, 9.17) is 9.47 Å². The lowest BCUT2D eigenvalue weighted by Crippen LogP contribution is -2.31. The predicted octanol–water partition coefficient (Wildman–Crippen LogP) is 4.79. The number of amides is 2. The van der Waals surface area contributed by atoms with Gasteiger partial charge in [0, 0.05) is 13.6 Å². The highest BCUT2D eigenvalue weighted by Gasteiger charge is 2.20. The van der Waals surface area contributed by atoms with Crippen molar-refractivity contribution in [3.63, 3.8) is 0 Å². The first kappa shape index (κ1) is 23.3. The number of carbonyl (C=O) groups is 2. The molecule has 7 heteroatoms. The number of carbonyl (C=O) groups excluding carboxylic acids is 2. The van der Waals surface area contributed by atoms with Crippen LogP contribution >= 0.6 is 11.3 Å². The second-order valence-electron chi connectivity index (χ2n) is 7.01. The summed E-state index contributed by atoms with van der Waals surface area (Å²) in [6.45, 7) is 5.44. The standard InChI is InChI=1S/C25H28N2O4S/c1-4-30-21-13-12-18(17-22(21)31-5-2)14-15-26-24(28)19-9-6-7-10-20(19)27(3)25(29)23-11-8-16-32-23/h6-13,16-17H,4-5,14-15H2,1-3H3,(H,26,28). The second-order valence-corrected chi connectivity index (χ2v) is 7.96. The molecule has 0 spiro atoms. The Morgan fingerprint density at radius 1 is 0.969 bits per heavy atom. The highest BCUT2D eigenvalue weighted by Crippen LogP contribution is 2.28.